The van der Waals surface area contributed by atoms with Crippen molar-refractivity contribution in [2.75, 3.05) is 13.1 Å². The van der Waals surface area contributed by atoms with Gasteiger partial charge >= 0.3 is 0 Å². The Bertz CT molecular complexity index is 283. The van der Waals surface area contributed by atoms with Gasteiger partial charge in [0.05, 0.1) is 18.8 Å². The molecule has 1 N–H and O–H groups in total. The van der Waals surface area contributed by atoms with E-state index in [1.807, 2.05) is 0 Å². The molecule has 17 heavy (non-hydrogen) atoms. The summed E-state index contributed by atoms with van der Waals surface area (Å²) in [6.45, 7) is 16.4. The molecule has 0 saturated heterocycles. The summed E-state index contributed by atoms with van der Waals surface area (Å²) in [6.07, 6.45) is 4.74. The van der Waals surface area contributed by atoms with Crippen LogP contribution in [0.5, 0.6) is 0 Å². The minimum absolute atomic E-state index is 0.250. The molecule has 0 aliphatic carbocycles. The van der Waals surface area contributed by atoms with E-state index < -0.39 is 0 Å². The van der Waals surface area contributed by atoms with E-state index in [1.54, 1.807) is 5.70 Å². The first-order chi connectivity index (χ1) is 8.11. The maximum Gasteiger partial charge on any atom is 0.176 e. The minimum Gasteiger partial charge on any atom is -0.332 e. The van der Waals surface area contributed by atoms with Gasteiger partial charge in [-0.05, 0) is 20.3 Å². The smallest absolute Gasteiger partial charge is 0.176 e. The highest BCUT2D eigenvalue weighted by Crippen LogP contribution is 2.43. The number of hydrogen-bond acceptors (Lipinski definition) is 1. The van der Waals surface area contributed by atoms with E-state index in [2.05, 4.69) is 46.9 Å². The van der Waals surface area contributed by atoms with Crippen LogP contribution >= 0.6 is 0 Å². The lowest BCUT2D eigenvalue weighted by atomic mass is 9.98. The van der Waals surface area contributed by atoms with E-state index in [9.17, 15) is 0 Å². The van der Waals surface area contributed by atoms with E-state index >= 15 is 0 Å². The number of hydrogen-bond donors (Lipinski definition) is 1. The summed E-state index contributed by atoms with van der Waals surface area (Å²) >= 11 is 0. The molecule has 0 aromatic carbocycles. The highest BCUT2D eigenvalue weighted by molar-refractivity contribution is 5.15. The molecular formula is C15H31N2+. The zero-order valence-corrected chi connectivity index (χ0v) is 12.7. The normalized spacial score (nSPS) is 21.8. The van der Waals surface area contributed by atoms with Crippen LogP contribution in [0.15, 0.2) is 11.4 Å². The molecule has 0 radical (unpaired) electrons. The highest BCUT2D eigenvalue weighted by Gasteiger charge is 2.54. The molecule has 1 aliphatic rings. The Kier molecular flexibility index (Phi) is 4.65. The summed E-state index contributed by atoms with van der Waals surface area (Å²) in [5, 5.41) is 3.90. The molecule has 1 aliphatic heterocycles. The van der Waals surface area contributed by atoms with Crippen molar-refractivity contribution >= 4 is 0 Å². The molecule has 2 nitrogen and oxygen atoms in total. The fraction of sp³-hybridized carbons (Fsp3) is 0.867. The maximum absolute atomic E-state index is 3.90. The van der Waals surface area contributed by atoms with Crippen molar-refractivity contribution in [2.45, 2.75) is 72.9 Å². The van der Waals surface area contributed by atoms with Gasteiger partial charge in [0.1, 0.15) is 5.70 Å². The number of allylic oxidation sites excluding steroid dienone is 2. The minimum atomic E-state index is 0.250. The number of nitrogens with zero attached hydrogens (tertiary/aromatic N) is 1. The second kappa shape index (κ2) is 5.43. The van der Waals surface area contributed by atoms with E-state index in [4.69, 9.17) is 0 Å². The first kappa shape index (κ1) is 14.6. The molecule has 1 rings (SSSR count). The lowest BCUT2D eigenvalue weighted by Gasteiger charge is -2.48. The Morgan fingerprint density at radius 2 is 1.41 bits per heavy atom. The van der Waals surface area contributed by atoms with Crippen LogP contribution in [0, 0.1) is 0 Å². The van der Waals surface area contributed by atoms with Crippen molar-refractivity contribution in [3.05, 3.63) is 11.4 Å². The maximum atomic E-state index is 3.90. The van der Waals surface area contributed by atoms with Crippen molar-refractivity contribution in [3.8, 4) is 0 Å². The van der Waals surface area contributed by atoms with Crippen molar-refractivity contribution in [3.63, 3.8) is 0 Å². The Labute approximate surface area is 108 Å². The van der Waals surface area contributed by atoms with Gasteiger partial charge in [-0.1, -0.05) is 27.7 Å². The summed E-state index contributed by atoms with van der Waals surface area (Å²) in [5.41, 5.74) is 3.42. The molecule has 0 bridgehead atoms. The van der Waals surface area contributed by atoms with E-state index in [0.29, 0.717) is 0 Å². The summed E-state index contributed by atoms with van der Waals surface area (Å²) in [4.78, 5) is 0. The predicted octanol–water partition coefficient (Wildman–Crippen LogP) is 3.99. The summed E-state index contributed by atoms with van der Waals surface area (Å²) in [6, 6.07) is 0. The van der Waals surface area contributed by atoms with Gasteiger partial charge in [0.2, 0.25) is 0 Å². The van der Waals surface area contributed by atoms with Crippen LogP contribution in [0.1, 0.15) is 67.2 Å². The quantitative estimate of drug-likeness (QED) is 0.691. The largest absolute Gasteiger partial charge is 0.332 e. The molecule has 2 heteroatoms. The average Bonchev–Trinajstić information content (AvgIpc) is 2.68. The third-order valence-electron chi connectivity index (χ3n) is 5.01. The highest BCUT2D eigenvalue weighted by atomic mass is 15.5. The predicted molar refractivity (Wildman–Crippen MR) is 75.4 cm³/mol. The van der Waals surface area contributed by atoms with Crippen LogP contribution in [0.3, 0.4) is 0 Å². The summed E-state index contributed by atoms with van der Waals surface area (Å²) < 4.78 is 1.17. The summed E-state index contributed by atoms with van der Waals surface area (Å²) in [7, 11) is 0. The van der Waals surface area contributed by atoms with Crippen molar-refractivity contribution in [2.24, 2.45) is 0 Å². The molecule has 0 saturated carbocycles. The molecule has 0 amide bonds. The standard InChI is InChI=1S/C15H31N2/c1-7-13-14(8-2)17(11-5,12-6)15(9-3,10-4)16-13/h16H,7-12H2,1-6H3/q+1. The van der Waals surface area contributed by atoms with E-state index in [0.717, 1.165) is 6.42 Å². The molecule has 0 atom stereocenters. The van der Waals surface area contributed by atoms with Crippen LogP contribution < -0.4 is 5.32 Å². The van der Waals surface area contributed by atoms with Gasteiger partial charge in [0.15, 0.2) is 5.66 Å². The number of quaternary nitrogens is 1. The molecule has 0 fully saturated rings. The lowest BCUT2D eigenvalue weighted by molar-refractivity contribution is -0.938. The van der Waals surface area contributed by atoms with Crippen LogP contribution in [0.2, 0.25) is 0 Å². The van der Waals surface area contributed by atoms with E-state index in [-0.39, 0.29) is 5.66 Å². The average molecular weight is 239 g/mol. The molecule has 1 heterocycles. The Balaban J connectivity index is 3.33. The molecule has 0 spiro atoms. The fourth-order valence-corrected chi connectivity index (χ4v) is 4.03. The SMILES string of the molecule is CCC1=C(CC)[N+](CC)(CC)C(CC)(CC)N1. The van der Waals surface area contributed by atoms with Gasteiger partial charge in [-0.2, -0.15) is 0 Å². The molecule has 0 aromatic heterocycles. The zero-order valence-electron chi connectivity index (χ0n) is 12.7. The van der Waals surface area contributed by atoms with Gasteiger partial charge in [0, 0.05) is 19.3 Å². The first-order valence-corrected chi connectivity index (χ1v) is 7.49. The monoisotopic (exact) mass is 239 g/mol. The molecule has 0 unspecified atom stereocenters. The molecule has 100 valence electrons. The van der Waals surface area contributed by atoms with Crippen molar-refractivity contribution in [1.29, 1.82) is 0 Å². The second-order valence-corrected chi connectivity index (χ2v) is 5.10. The Morgan fingerprint density at radius 1 is 0.882 bits per heavy atom. The fourth-order valence-electron chi connectivity index (χ4n) is 4.03. The van der Waals surface area contributed by atoms with Gasteiger partial charge < -0.3 is 5.32 Å². The van der Waals surface area contributed by atoms with E-state index in [1.165, 1.54) is 42.5 Å². The summed E-state index contributed by atoms with van der Waals surface area (Å²) in [5.74, 6) is 0. The third-order valence-corrected chi connectivity index (χ3v) is 5.01. The topological polar surface area (TPSA) is 12.0 Å². The Hall–Kier alpha value is -0.500. The zero-order chi connectivity index (χ0) is 13.1. The van der Waals surface area contributed by atoms with Crippen LogP contribution in [-0.4, -0.2) is 23.2 Å². The van der Waals surface area contributed by atoms with Crippen LogP contribution in [0.4, 0.5) is 0 Å². The number of rotatable bonds is 6. The Morgan fingerprint density at radius 3 is 1.71 bits per heavy atom. The first-order valence-electron chi connectivity index (χ1n) is 7.49. The van der Waals surface area contributed by atoms with Crippen LogP contribution in [0.25, 0.3) is 0 Å². The van der Waals surface area contributed by atoms with Crippen molar-refractivity contribution < 1.29 is 4.48 Å². The van der Waals surface area contributed by atoms with Gasteiger partial charge in [0.25, 0.3) is 0 Å². The second-order valence-electron chi connectivity index (χ2n) is 5.10. The van der Waals surface area contributed by atoms with Crippen molar-refractivity contribution in [1.82, 2.24) is 5.32 Å². The molecule has 0 aromatic rings. The van der Waals surface area contributed by atoms with Gasteiger partial charge in [-0.15, -0.1) is 0 Å². The lowest BCUT2D eigenvalue weighted by Crippen LogP contribution is -2.64. The number of nitrogens with one attached hydrogen (secondary N) is 1. The third kappa shape index (κ3) is 1.81. The van der Waals surface area contributed by atoms with Crippen LogP contribution in [-0.2, 0) is 0 Å². The molecular weight excluding hydrogens is 208 g/mol. The van der Waals surface area contributed by atoms with Gasteiger partial charge in [-0.25, -0.2) is 0 Å². The van der Waals surface area contributed by atoms with Gasteiger partial charge in [-0.3, -0.25) is 4.48 Å².